The summed E-state index contributed by atoms with van der Waals surface area (Å²) in [5.74, 6) is -2.31. The Hall–Kier alpha value is -3.39. The summed E-state index contributed by atoms with van der Waals surface area (Å²) in [6.45, 7) is 3.52. The molecule has 1 aliphatic rings. The molecule has 3 rings (SSSR count). The van der Waals surface area contributed by atoms with Crippen molar-refractivity contribution in [1.29, 1.82) is 0 Å². The first kappa shape index (κ1) is 24.3. The van der Waals surface area contributed by atoms with Gasteiger partial charge in [-0.1, -0.05) is 48.5 Å². The van der Waals surface area contributed by atoms with Crippen LogP contribution in [-0.2, 0) is 14.3 Å². The predicted octanol–water partition coefficient (Wildman–Crippen LogP) is 2.68. The lowest BCUT2D eigenvalue weighted by Crippen LogP contribution is -2.54. The van der Waals surface area contributed by atoms with E-state index in [1.807, 2.05) is 36.4 Å². The zero-order valence-electron chi connectivity index (χ0n) is 19.4. The molecule has 3 atom stereocenters. The first-order valence-corrected chi connectivity index (χ1v) is 11.0. The summed E-state index contributed by atoms with van der Waals surface area (Å²) in [6.07, 6.45) is -0.696. The lowest BCUT2D eigenvalue weighted by Gasteiger charge is -2.25. The van der Waals surface area contributed by atoms with Crippen LogP contribution in [0.4, 0.5) is 4.79 Å². The Labute approximate surface area is 193 Å². The van der Waals surface area contributed by atoms with E-state index in [4.69, 9.17) is 9.84 Å². The fourth-order valence-electron chi connectivity index (χ4n) is 4.01. The predicted molar refractivity (Wildman–Crippen MR) is 125 cm³/mol. The number of nitrogens with one attached hydrogen (secondary N) is 2. The summed E-state index contributed by atoms with van der Waals surface area (Å²) < 4.78 is 5.55. The minimum absolute atomic E-state index is 0.0827. The Bertz CT molecular complexity index is 977. The Morgan fingerprint density at radius 2 is 1.52 bits per heavy atom. The van der Waals surface area contributed by atoms with E-state index < -0.39 is 36.0 Å². The van der Waals surface area contributed by atoms with Gasteiger partial charge in [0, 0.05) is 18.5 Å². The summed E-state index contributed by atoms with van der Waals surface area (Å²) in [5, 5.41) is 14.5. The van der Waals surface area contributed by atoms with Gasteiger partial charge in [-0.05, 0) is 50.2 Å². The minimum atomic E-state index is -1.00. The Morgan fingerprint density at radius 1 is 0.970 bits per heavy atom. The molecule has 0 radical (unpaired) electrons. The van der Waals surface area contributed by atoms with E-state index in [-0.39, 0.29) is 19.1 Å². The molecule has 0 heterocycles. The van der Waals surface area contributed by atoms with Crippen LogP contribution in [0.15, 0.2) is 48.5 Å². The van der Waals surface area contributed by atoms with Crippen LogP contribution >= 0.6 is 0 Å². The van der Waals surface area contributed by atoms with Gasteiger partial charge in [-0.25, -0.2) is 4.79 Å². The van der Waals surface area contributed by atoms with Crippen molar-refractivity contribution in [1.82, 2.24) is 15.5 Å². The summed E-state index contributed by atoms with van der Waals surface area (Å²) >= 11 is 0. The highest BCUT2D eigenvalue weighted by Gasteiger charge is 2.30. The number of benzene rings is 2. The highest BCUT2D eigenvalue weighted by molar-refractivity contribution is 5.86. The van der Waals surface area contributed by atoms with E-state index >= 15 is 0 Å². The smallest absolute Gasteiger partial charge is 0.407 e. The number of carboxylic acids is 1. The maximum Gasteiger partial charge on any atom is 0.407 e. The monoisotopic (exact) mass is 453 g/mol. The van der Waals surface area contributed by atoms with Crippen LogP contribution in [0.2, 0.25) is 0 Å². The molecule has 0 spiro atoms. The average molecular weight is 454 g/mol. The highest BCUT2D eigenvalue weighted by atomic mass is 16.5. The normalized spacial score (nSPS) is 15.2. The van der Waals surface area contributed by atoms with Crippen molar-refractivity contribution in [3.05, 3.63) is 59.7 Å². The van der Waals surface area contributed by atoms with Gasteiger partial charge in [-0.2, -0.15) is 0 Å². The topological polar surface area (TPSA) is 108 Å². The van der Waals surface area contributed by atoms with Gasteiger partial charge < -0.3 is 25.4 Å². The maximum atomic E-state index is 12.7. The zero-order valence-corrected chi connectivity index (χ0v) is 19.4. The second-order valence-electron chi connectivity index (χ2n) is 8.71. The molecular formula is C25H31N3O5. The number of ether oxygens (including phenoxy) is 1. The van der Waals surface area contributed by atoms with Gasteiger partial charge in [-0.3, -0.25) is 9.59 Å². The summed E-state index contributed by atoms with van der Waals surface area (Å²) in [4.78, 5) is 38.3. The van der Waals surface area contributed by atoms with Crippen molar-refractivity contribution >= 4 is 18.0 Å². The van der Waals surface area contributed by atoms with Gasteiger partial charge in [0.1, 0.15) is 12.6 Å². The van der Waals surface area contributed by atoms with E-state index in [9.17, 15) is 14.4 Å². The van der Waals surface area contributed by atoms with Crippen LogP contribution in [0.25, 0.3) is 11.1 Å². The number of carbonyl (C=O) groups excluding carboxylic acids is 2. The molecule has 0 saturated carbocycles. The number of hydrogen-bond donors (Lipinski definition) is 3. The molecule has 2 aromatic carbocycles. The van der Waals surface area contributed by atoms with Crippen LogP contribution in [-0.4, -0.2) is 67.3 Å². The molecule has 0 aromatic heterocycles. The number of alkyl carbamates (subject to hydrolysis) is 1. The maximum absolute atomic E-state index is 12.7. The van der Waals surface area contributed by atoms with Crippen molar-refractivity contribution < 1.29 is 24.2 Å². The van der Waals surface area contributed by atoms with Gasteiger partial charge in [0.05, 0.1) is 5.92 Å². The minimum Gasteiger partial charge on any atom is -0.481 e. The Morgan fingerprint density at radius 3 is 2.03 bits per heavy atom. The van der Waals surface area contributed by atoms with Crippen molar-refractivity contribution in [3.8, 4) is 11.1 Å². The van der Waals surface area contributed by atoms with Crippen molar-refractivity contribution in [3.63, 3.8) is 0 Å². The molecular weight excluding hydrogens is 422 g/mol. The molecule has 0 fully saturated rings. The molecule has 176 valence electrons. The number of amides is 2. The molecule has 0 bridgehead atoms. The number of nitrogens with zero attached hydrogens (tertiary/aromatic N) is 1. The summed E-state index contributed by atoms with van der Waals surface area (Å²) in [6, 6.07) is 14.6. The molecule has 2 amide bonds. The molecule has 33 heavy (non-hydrogen) atoms. The lowest BCUT2D eigenvalue weighted by atomic mass is 9.98. The van der Waals surface area contributed by atoms with Crippen molar-refractivity contribution in [2.45, 2.75) is 31.8 Å². The second-order valence-corrected chi connectivity index (χ2v) is 8.71. The van der Waals surface area contributed by atoms with Crippen molar-refractivity contribution in [2.24, 2.45) is 5.92 Å². The van der Waals surface area contributed by atoms with E-state index in [2.05, 4.69) is 22.8 Å². The van der Waals surface area contributed by atoms with Crippen LogP contribution < -0.4 is 10.6 Å². The van der Waals surface area contributed by atoms with Crippen molar-refractivity contribution in [2.75, 3.05) is 27.2 Å². The third-order valence-corrected chi connectivity index (χ3v) is 6.01. The quantitative estimate of drug-likeness (QED) is 0.539. The Kier molecular flexibility index (Phi) is 7.71. The van der Waals surface area contributed by atoms with Gasteiger partial charge in [-0.15, -0.1) is 0 Å². The van der Waals surface area contributed by atoms with E-state index in [0.29, 0.717) is 0 Å². The lowest BCUT2D eigenvalue weighted by molar-refractivity contribution is -0.142. The summed E-state index contributed by atoms with van der Waals surface area (Å²) in [5.41, 5.74) is 4.47. The van der Waals surface area contributed by atoms with E-state index in [0.717, 1.165) is 22.3 Å². The first-order valence-electron chi connectivity index (χ1n) is 11.0. The molecule has 3 unspecified atom stereocenters. The van der Waals surface area contributed by atoms with Crippen LogP contribution in [0.1, 0.15) is 30.9 Å². The number of likely N-dealkylation sites (N-methyl/N-ethyl adjacent to an activating group) is 1. The third-order valence-electron chi connectivity index (χ3n) is 6.01. The van der Waals surface area contributed by atoms with E-state index in [1.165, 1.54) is 6.92 Å². The fourth-order valence-corrected chi connectivity index (χ4v) is 4.01. The SMILES string of the molecule is CC(NC(=O)C(CN(C)C)NC(=O)OCC1c2ccccc2-c2ccccc21)C(C)C(=O)O. The molecule has 8 heteroatoms. The van der Waals surface area contributed by atoms with Gasteiger partial charge >= 0.3 is 12.1 Å². The second kappa shape index (κ2) is 10.5. The number of aliphatic carboxylic acids is 1. The van der Waals surface area contributed by atoms with Gasteiger partial charge in [0.25, 0.3) is 0 Å². The molecule has 0 saturated heterocycles. The number of carboxylic acid groups (broad SMARTS) is 1. The zero-order chi connectivity index (χ0) is 24.1. The number of rotatable bonds is 9. The van der Waals surface area contributed by atoms with Gasteiger partial charge in [0.2, 0.25) is 5.91 Å². The Balaban J connectivity index is 1.65. The third kappa shape index (κ3) is 5.70. The largest absolute Gasteiger partial charge is 0.481 e. The first-order chi connectivity index (χ1) is 15.7. The van der Waals surface area contributed by atoms with Crippen LogP contribution in [0.3, 0.4) is 0 Å². The number of hydrogen-bond acceptors (Lipinski definition) is 5. The van der Waals surface area contributed by atoms with E-state index in [1.54, 1.807) is 25.9 Å². The average Bonchev–Trinajstić information content (AvgIpc) is 3.10. The highest BCUT2D eigenvalue weighted by Crippen LogP contribution is 2.44. The number of fused-ring (bicyclic) bond motifs is 3. The molecule has 0 aliphatic heterocycles. The molecule has 2 aromatic rings. The molecule has 8 nitrogen and oxygen atoms in total. The summed E-state index contributed by atoms with van der Waals surface area (Å²) in [7, 11) is 3.56. The fraction of sp³-hybridized carbons (Fsp3) is 0.400. The van der Waals surface area contributed by atoms with Crippen LogP contribution in [0.5, 0.6) is 0 Å². The number of carbonyl (C=O) groups is 3. The van der Waals surface area contributed by atoms with Gasteiger partial charge in [0.15, 0.2) is 0 Å². The molecule has 1 aliphatic carbocycles. The molecule has 3 N–H and O–H groups in total. The standard InChI is InChI=1S/C25H31N3O5/c1-15(24(30)31)16(2)26-23(29)22(13-28(3)4)27-25(32)33-14-21-19-11-7-5-9-17(19)18-10-6-8-12-20(18)21/h5-12,15-16,21-22H,13-14H2,1-4H3,(H,26,29)(H,27,32)(H,30,31). The van der Waals surface area contributed by atoms with Crippen LogP contribution in [0, 0.1) is 5.92 Å².